The molecule has 0 saturated carbocycles. The molecule has 17 nitrogen and oxygen atoms in total. The largest absolute Gasteiger partial charge is 0.472 e. The molecule has 0 rings (SSSR count). The summed E-state index contributed by atoms with van der Waals surface area (Å²) in [5.41, 5.74) is 0. The number of phosphoric ester groups is 2. The van der Waals surface area contributed by atoms with Gasteiger partial charge in [0.2, 0.25) is 0 Å². The van der Waals surface area contributed by atoms with Gasteiger partial charge < -0.3 is 33.8 Å². The van der Waals surface area contributed by atoms with Gasteiger partial charge in [-0.3, -0.25) is 37.3 Å². The molecule has 558 valence electrons. The second-order valence-corrected chi connectivity index (χ2v) is 31.1. The molecule has 0 heterocycles. The minimum Gasteiger partial charge on any atom is -0.462 e. The number of carbonyl (C=O) groups is 4. The molecule has 0 aliphatic carbocycles. The minimum atomic E-state index is -4.96. The summed E-state index contributed by atoms with van der Waals surface area (Å²) >= 11 is 0. The van der Waals surface area contributed by atoms with Crippen LogP contribution in [-0.4, -0.2) is 96.7 Å². The molecule has 0 spiro atoms. The van der Waals surface area contributed by atoms with E-state index >= 15 is 0 Å². The Labute approximate surface area is 575 Å². The van der Waals surface area contributed by atoms with Gasteiger partial charge in [-0.15, -0.1) is 0 Å². The normalized spacial score (nSPS) is 15.0. The van der Waals surface area contributed by atoms with Crippen molar-refractivity contribution in [3.05, 3.63) is 0 Å². The fraction of sp³-hybridized carbons (Fsp3) is 0.947. The first-order valence-corrected chi connectivity index (χ1v) is 41.8. The molecule has 0 amide bonds. The number of hydrogen-bond acceptors (Lipinski definition) is 15. The average molecular weight is 1380 g/mol. The Morgan fingerprint density at radius 3 is 0.755 bits per heavy atom. The molecule has 0 aromatic carbocycles. The third kappa shape index (κ3) is 64.7. The van der Waals surface area contributed by atoms with Crippen LogP contribution in [0.3, 0.4) is 0 Å². The molecule has 19 heteroatoms. The summed E-state index contributed by atoms with van der Waals surface area (Å²) in [6.07, 6.45) is 48.6. The molecular formula is C75H146O17P2. The van der Waals surface area contributed by atoms with Gasteiger partial charge >= 0.3 is 39.5 Å². The van der Waals surface area contributed by atoms with Gasteiger partial charge in [-0.1, -0.05) is 325 Å². The monoisotopic (exact) mass is 1380 g/mol. The molecular weight excluding hydrogens is 1230 g/mol. The van der Waals surface area contributed by atoms with Crippen molar-refractivity contribution in [3.63, 3.8) is 0 Å². The van der Waals surface area contributed by atoms with Crippen LogP contribution in [0.15, 0.2) is 0 Å². The molecule has 0 aromatic rings. The Morgan fingerprint density at radius 1 is 0.298 bits per heavy atom. The van der Waals surface area contributed by atoms with E-state index in [2.05, 4.69) is 55.4 Å². The smallest absolute Gasteiger partial charge is 0.462 e. The number of carbonyl (C=O) groups excluding carboxylic acids is 4. The van der Waals surface area contributed by atoms with E-state index in [1.807, 2.05) is 0 Å². The SMILES string of the molecule is CCC(C)CCCCCCCCCCCCCCCCC(=O)O[C@H](COC(=O)CCCCCCCCC(C)CC)COP(=O)(O)OC[C@H](O)COP(=O)(O)OC[C@@H](COC(=O)CCCCCCCCC(C)CC)OC(=O)CCCCCCCCCCCCCCCC(C)C. The fourth-order valence-electron chi connectivity index (χ4n) is 11.3. The predicted molar refractivity (Wildman–Crippen MR) is 381 cm³/mol. The van der Waals surface area contributed by atoms with Crippen molar-refractivity contribution in [2.24, 2.45) is 23.7 Å². The number of hydrogen-bond donors (Lipinski definition) is 3. The van der Waals surface area contributed by atoms with Crippen molar-refractivity contribution >= 4 is 39.5 Å². The molecule has 8 atom stereocenters. The molecule has 0 aliphatic heterocycles. The van der Waals surface area contributed by atoms with Crippen molar-refractivity contribution in [3.8, 4) is 0 Å². The lowest BCUT2D eigenvalue weighted by Crippen LogP contribution is -2.30. The van der Waals surface area contributed by atoms with Gasteiger partial charge in [-0.25, -0.2) is 9.13 Å². The molecule has 94 heavy (non-hydrogen) atoms. The number of esters is 4. The summed E-state index contributed by atoms with van der Waals surface area (Å²) < 4.78 is 68.5. The number of aliphatic hydroxyl groups excluding tert-OH is 1. The zero-order valence-electron chi connectivity index (χ0n) is 61.6. The lowest BCUT2D eigenvalue weighted by molar-refractivity contribution is -0.161. The first kappa shape index (κ1) is 92.1. The molecule has 5 unspecified atom stereocenters. The third-order valence-corrected chi connectivity index (χ3v) is 20.3. The van der Waals surface area contributed by atoms with Crippen molar-refractivity contribution < 1.29 is 80.2 Å². The molecule has 0 aliphatic rings. The molecule has 0 saturated heterocycles. The Morgan fingerprint density at radius 2 is 0.511 bits per heavy atom. The van der Waals surface area contributed by atoms with Gasteiger partial charge in [-0.2, -0.15) is 0 Å². The summed E-state index contributed by atoms with van der Waals surface area (Å²) in [4.78, 5) is 72.7. The molecule has 3 N–H and O–H groups in total. The van der Waals surface area contributed by atoms with Crippen LogP contribution in [-0.2, 0) is 65.4 Å². The van der Waals surface area contributed by atoms with Crippen molar-refractivity contribution in [2.75, 3.05) is 39.6 Å². The maximum atomic E-state index is 13.1. The van der Waals surface area contributed by atoms with E-state index in [4.69, 9.17) is 37.0 Å². The van der Waals surface area contributed by atoms with Crippen LogP contribution in [0.25, 0.3) is 0 Å². The number of rotatable bonds is 72. The van der Waals surface area contributed by atoms with E-state index in [1.165, 1.54) is 167 Å². The highest BCUT2D eigenvalue weighted by molar-refractivity contribution is 7.47. The van der Waals surface area contributed by atoms with Gasteiger partial charge in [0.05, 0.1) is 26.4 Å². The Bertz CT molecular complexity index is 1860. The number of aliphatic hydroxyl groups is 1. The summed E-state index contributed by atoms with van der Waals surface area (Å²) in [5.74, 6) is 0.970. The van der Waals surface area contributed by atoms with Crippen LogP contribution in [0.1, 0.15) is 376 Å². The van der Waals surface area contributed by atoms with Crippen LogP contribution < -0.4 is 0 Å². The standard InChI is InChI=1S/C75H146O17P2/c1-9-66(6)52-44-36-28-24-20-16-12-13-17-21-25-29-41-49-57-74(79)91-70(61-85-72(77)55-47-39-33-31-37-45-53-67(7)10-2)63-89-93(81,82)87-59-69(76)60-88-94(83,84)90-64-71(62-86-73(78)56-48-40-34-32-38-46-54-68(8)11-3)92-75(80)58-50-42-30-26-22-18-14-15-19-23-27-35-43-51-65(4)5/h65-71,76H,9-64H2,1-8H3,(H,81,82)(H,83,84)/t66?,67?,68?,69-,70+,71+/m0/s1. The van der Waals surface area contributed by atoms with Crippen molar-refractivity contribution in [1.29, 1.82) is 0 Å². The van der Waals surface area contributed by atoms with Gasteiger partial charge in [-0.05, 0) is 49.4 Å². The average Bonchev–Trinajstić information content (AvgIpc) is 1.56. The van der Waals surface area contributed by atoms with E-state index in [0.29, 0.717) is 25.7 Å². The fourth-order valence-corrected chi connectivity index (χ4v) is 12.9. The lowest BCUT2D eigenvalue weighted by Gasteiger charge is -2.21. The van der Waals surface area contributed by atoms with Crippen LogP contribution in [0.5, 0.6) is 0 Å². The van der Waals surface area contributed by atoms with Gasteiger partial charge in [0.1, 0.15) is 19.3 Å². The van der Waals surface area contributed by atoms with Gasteiger partial charge in [0, 0.05) is 25.7 Å². The minimum absolute atomic E-state index is 0.106. The summed E-state index contributed by atoms with van der Waals surface area (Å²) in [6.45, 7) is 14.2. The Hall–Kier alpha value is -1.94. The van der Waals surface area contributed by atoms with Crippen LogP contribution in [0.4, 0.5) is 0 Å². The molecule has 0 radical (unpaired) electrons. The number of phosphoric acid groups is 2. The van der Waals surface area contributed by atoms with E-state index in [-0.39, 0.29) is 25.7 Å². The first-order valence-electron chi connectivity index (χ1n) is 38.8. The van der Waals surface area contributed by atoms with Crippen molar-refractivity contribution in [1.82, 2.24) is 0 Å². The quantitative estimate of drug-likeness (QED) is 0.0222. The van der Waals surface area contributed by atoms with E-state index in [9.17, 15) is 43.2 Å². The third-order valence-electron chi connectivity index (χ3n) is 18.4. The second-order valence-electron chi connectivity index (χ2n) is 28.2. The number of unbranched alkanes of at least 4 members (excludes halogenated alkanes) is 35. The van der Waals surface area contributed by atoms with E-state index in [0.717, 1.165) is 126 Å². The van der Waals surface area contributed by atoms with E-state index in [1.54, 1.807) is 0 Å². The van der Waals surface area contributed by atoms with Crippen LogP contribution >= 0.6 is 15.6 Å². The highest BCUT2D eigenvalue weighted by Crippen LogP contribution is 2.45. The van der Waals surface area contributed by atoms with Gasteiger partial charge in [0.25, 0.3) is 0 Å². The zero-order valence-corrected chi connectivity index (χ0v) is 63.4. The van der Waals surface area contributed by atoms with E-state index < -0.39 is 97.5 Å². The zero-order chi connectivity index (χ0) is 69.6. The summed E-state index contributed by atoms with van der Waals surface area (Å²) in [6, 6.07) is 0. The van der Waals surface area contributed by atoms with Gasteiger partial charge in [0.15, 0.2) is 12.2 Å². The second kappa shape index (κ2) is 64.4. The summed E-state index contributed by atoms with van der Waals surface area (Å²) in [5, 5.41) is 10.6. The maximum Gasteiger partial charge on any atom is 0.472 e. The molecule has 0 bridgehead atoms. The summed E-state index contributed by atoms with van der Waals surface area (Å²) in [7, 11) is -9.91. The molecule has 0 aromatic heterocycles. The molecule has 0 fully saturated rings. The first-order chi connectivity index (χ1) is 45.2. The highest BCUT2D eigenvalue weighted by atomic mass is 31.2. The topological polar surface area (TPSA) is 237 Å². The highest BCUT2D eigenvalue weighted by Gasteiger charge is 2.30. The lowest BCUT2D eigenvalue weighted by atomic mass is 9.99. The van der Waals surface area contributed by atoms with Crippen LogP contribution in [0, 0.1) is 23.7 Å². The maximum absolute atomic E-state index is 13.1. The Balaban J connectivity index is 5.23. The Kier molecular flexibility index (Phi) is 63.1. The van der Waals surface area contributed by atoms with Crippen molar-refractivity contribution in [2.45, 2.75) is 395 Å². The number of ether oxygens (including phenoxy) is 4. The predicted octanol–water partition coefficient (Wildman–Crippen LogP) is 21.7. The van der Waals surface area contributed by atoms with Crippen LogP contribution in [0.2, 0.25) is 0 Å².